The van der Waals surface area contributed by atoms with E-state index in [9.17, 15) is 4.39 Å². The molecule has 29 heavy (non-hydrogen) atoms. The van der Waals surface area contributed by atoms with Crippen molar-refractivity contribution in [3.8, 4) is 0 Å². The summed E-state index contributed by atoms with van der Waals surface area (Å²) in [5.41, 5.74) is 2.09. The maximum Gasteiger partial charge on any atom is 0.194 e. The molecule has 156 valence electrons. The van der Waals surface area contributed by atoms with Crippen molar-refractivity contribution in [3.05, 3.63) is 59.5 Å². The van der Waals surface area contributed by atoms with Crippen molar-refractivity contribution >= 4 is 11.8 Å². The van der Waals surface area contributed by atoms with E-state index in [0.717, 1.165) is 49.1 Å². The Hall–Kier alpha value is -2.67. The average Bonchev–Trinajstić information content (AvgIpc) is 2.73. The highest BCUT2D eigenvalue weighted by Gasteiger charge is 2.17. The van der Waals surface area contributed by atoms with Crippen molar-refractivity contribution in [2.24, 2.45) is 4.99 Å². The number of nitrogens with zero attached hydrogens (tertiary/aromatic N) is 4. The van der Waals surface area contributed by atoms with Crippen molar-refractivity contribution in [2.45, 2.75) is 33.0 Å². The van der Waals surface area contributed by atoms with Crippen LogP contribution in [0.1, 0.15) is 25.0 Å². The van der Waals surface area contributed by atoms with E-state index in [4.69, 9.17) is 9.73 Å². The monoisotopic (exact) mass is 399 g/mol. The Labute approximate surface area is 172 Å². The van der Waals surface area contributed by atoms with E-state index in [-0.39, 0.29) is 11.9 Å². The normalized spacial score (nSPS) is 17.3. The number of rotatable bonds is 6. The average molecular weight is 400 g/mol. The number of anilines is 1. The summed E-state index contributed by atoms with van der Waals surface area (Å²) in [5.74, 6) is 1.57. The zero-order valence-electron chi connectivity index (χ0n) is 17.4. The molecule has 1 aromatic carbocycles. The smallest absolute Gasteiger partial charge is 0.194 e. The topological polar surface area (TPSA) is 53.0 Å². The van der Waals surface area contributed by atoms with E-state index in [1.165, 1.54) is 12.1 Å². The summed E-state index contributed by atoms with van der Waals surface area (Å²) >= 11 is 0. The highest BCUT2D eigenvalue weighted by molar-refractivity contribution is 5.79. The molecule has 1 aliphatic heterocycles. The van der Waals surface area contributed by atoms with Gasteiger partial charge in [0, 0.05) is 39.4 Å². The number of hydrogen-bond donors (Lipinski definition) is 1. The Morgan fingerprint density at radius 1 is 1.28 bits per heavy atom. The second-order valence-electron chi connectivity index (χ2n) is 7.30. The maximum absolute atomic E-state index is 13.1. The molecule has 0 bridgehead atoms. The van der Waals surface area contributed by atoms with Gasteiger partial charge in [0.1, 0.15) is 11.6 Å². The minimum atomic E-state index is -0.223. The standard InChI is InChI=1S/C22H30FN5O/c1-4-24-22(27(3)16-18-5-8-20(23)9-6-18)26-14-19-7-10-21(25-13-19)28-11-12-29-17(2)15-28/h5-10,13,17H,4,11-12,14-16H2,1-3H3,(H,24,26). The summed E-state index contributed by atoms with van der Waals surface area (Å²) in [6.07, 6.45) is 2.12. The Balaban J connectivity index is 1.62. The first-order valence-corrected chi connectivity index (χ1v) is 10.1. The fraction of sp³-hybridized carbons (Fsp3) is 0.455. The lowest BCUT2D eigenvalue weighted by molar-refractivity contribution is 0.0529. The van der Waals surface area contributed by atoms with Crippen LogP contribution >= 0.6 is 0 Å². The van der Waals surface area contributed by atoms with Crippen LogP contribution in [0.5, 0.6) is 0 Å². The van der Waals surface area contributed by atoms with Crippen LogP contribution in [0.15, 0.2) is 47.6 Å². The quantitative estimate of drug-likeness (QED) is 0.598. The van der Waals surface area contributed by atoms with Crippen molar-refractivity contribution in [3.63, 3.8) is 0 Å². The molecule has 2 heterocycles. The number of aromatic nitrogens is 1. The number of aliphatic imine (C=N–C) groups is 1. The van der Waals surface area contributed by atoms with Crippen LogP contribution in [0.25, 0.3) is 0 Å². The molecule has 1 aliphatic rings. The molecule has 1 aromatic heterocycles. The van der Waals surface area contributed by atoms with Crippen LogP contribution < -0.4 is 10.2 Å². The first-order chi connectivity index (χ1) is 14.0. The summed E-state index contributed by atoms with van der Waals surface area (Å²) in [6, 6.07) is 10.7. The first kappa shape index (κ1) is 21.0. The summed E-state index contributed by atoms with van der Waals surface area (Å²) in [5, 5.41) is 3.31. The van der Waals surface area contributed by atoms with E-state index in [0.29, 0.717) is 13.1 Å². The molecule has 1 fully saturated rings. The molecule has 1 atom stereocenters. The van der Waals surface area contributed by atoms with E-state index >= 15 is 0 Å². The lowest BCUT2D eigenvalue weighted by atomic mass is 10.2. The van der Waals surface area contributed by atoms with E-state index in [1.807, 2.05) is 25.1 Å². The summed E-state index contributed by atoms with van der Waals surface area (Å²) < 4.78 is 18.7. The van der Waals surface area contributed by atoms with Gasteiger partial charge >= 0.3 is 0 Å². The Morgan fingerprint density at radius 2 is 2.03 bits per heavy atom. The molecular weight excluding hydrogens is 369 g/mol. The predicted molar refractivity (Wildman–Crippen MR) is 115 cm³/mol. The molecule has 0 aliphatic carbocycles. The van der Waals surface area contributed by atoms with Crippen LogP contribution in [0.3, 0.4) is 0 Å². The molecule has 0 saturated carbocycles. The number of hydrogen-bond acceptors (Lipinski definition) is 4. The molecule has 1 saturated heterocycles. The van der Waals surface area contributed by atoms with Gasteiger partial charge in [-0.25, -0.2) is 14.4 Å². The van der Waals surface area contributed by atoms with Gasteiger partial charge in [-0.3, -0.25) is 0 Å². The summed E-state index contributed by atoms with van der Waals surface area (Å²) in [6.45, 7) is 8.57. The molecule has 0 radical (unpaired) electrons. The molecule has 6 nitrogen and oxygen atoms in total. The highest BCUT2D eigenvalue weighted by atomic mass is 19.1. The lowest BCUT2D eigenvalue weighted by Crippen LogP contribution is -2.41. The zero-order chi connectivity index (χ0) is 20.6. The van der Waals surface area contributed by atoms with Gasteiger partial charge in [0.05, 0.1) is 19.3 Å². The Morgan fingerprint density at radius 3 is 2.69 bits per heavy atom. The van der Waals surface area contributed by atoms with Gasteiger partial charge in [-0.1, -0.05) is 18.2 Å². The van der Waals surface area contributed by atoms with Crippen molar-refractivity contribution in [1.82, 2.24) is 15.2 Å². The molecular formula is C22H30FN5O. The molecule has 7 heteroatoms. The van der Waals surface area contributed by atoms with Crippen LogP contribution in [-0.4, -0.2) is 55.2 Å². The number of morpholine rings is 1. The SMILES string of the molecule is CCNC(=NCc1ccc(N2CCOC(C)C2)nc1)N(C)Cc1ccc(F)cc1. The van der Waals surface area contributed by atoms with Crippen LogP contribution in [0.2, 0.25) is 0 Å². The van der Waals surface area contributed by atoms with Gasteiger partial charge in [0.15, 0.2) is 5.96 Å². The number of pyridine rings is 1. The molecule has 3 rings (SSSR count). The molecule has 2 aromatic rings. The number of halogens is 1. The minimum Gasteiger partial charge on any atom is -0.375 e. The van der Waals surface area contributed by atoms with Gasteiger partial charge in [-0.2, -0.15) is 0 Å². The van der Waals surface area contributed by atoms with Gasteiger partial charge in [0.2, 0.25) is 0 Å². The number of nitrogens with one attached hydrogen (secondary N) is 1. The summed E-state index contributed by atoms with van der Waals surface area (Å²) in [7, 11) is 1.98. The first-order valence-electron chi connectivity index (χ1n) is 10.1. The number of ether oxygens (including phenoxy) is 1. The second-order valence-corrected chi connectivity index (χ2v) is 7.30. The summed E-state index contributed by atoms with van der Waals surface area (Å²) in [4.78, 5) is 13.6. The van der Waals surface area contributed by atoms with Crippen molar-refractivity contribution < 1.29 is 9.13 Å². The van der Waals surface area contributed by atoms with Crippen LogP contribution in [-0.2, 0) is 17.8 Å². The lowest BCUT2D eigenvalue weighted by Gasteiger charge is -2.32. The van der Waals surface area contributed by atoms with Crippen molar-refractivity contribution in [1.29, 1.82) is 0 Å². The largest absolute Gasteiger partial charge is 0.375 e. The van der Waals surface area contributed by atoms with Gasteiger partial charge in [0.25, 0.3) is 0 Å². The molecule has 1 N–H and O–H groups in total. The molecule has 0 spiro atoms. The Kier molecular flexibility index (Phi) is 7.41. The fourth-order valence-corrected chi connectivity index (χ4v) is 3.30. The predicted octanol–water partition coefficient (Wildman–Crippen LogP) is 3.04. The third-order valence-corrected chi connectivity index (χ3v) is 4.82. The zero-order valence-corrected chi connectivity index (χ0v) is 17.4. The van der Waals surface area contributed by atoms with Crippen LogP contribution in [0, 0.1) is 5.82 Å². The number of guanidine groups is 1. The van der Waals surface area contributed by atoms with Crippen molar-refractivity contribution in [2.75, 3.05) is 38.2 Å². The Bertz CT molecular complexity index is 794. The van der Waals surface area contributed by atoms with E-state index in [1.54, 1.807) is 12.1 Å². The molecule has 1 unspecified atom stereocenters. The second kappa shape index (κ2) is 10.2. The van der Waals surface area contributed by atoms with Gasteiger partial charge in [-0.15, -0.1) is 0 Å². The third kappa shape index (κ3) is 6.15. The van der Waals surface area contributed by atoms with Crippen LogP contribution in [0.4, 0.5) is 10.2 Å². The van der Waals surface area contributed by atoms with E-state index < -0.39 is 0 Å². The fourth-order valence-electron chi connectivity index (χ4n) is 3.30. The third-order valence-electron chi connectivity index (χ3n) is 4.82. The maximum atomic E-state index is 13.1. The van der Waals surface area contributed by atoms with Gasteiger partial charge in [-0.05, 0) is 43.2 Å². The molecule has 0 amide bonds. The van der Waals surface area contributed by atoms with E-state index in [2.05, 4.69) is 34.3 Å². The minimum absolute atomic E-state index is 0.223. The van der Waals surface area contributed by atoms with Gasteiger partial charge < -0.3 is 19.9 Å². The highest BCUT2D eigenvalue weighted by Crippen LogP contribution is 2.16. The number of benzene rings is 1.